The Balaban J connectivity index is 1.75. The summed E-state index contributed by atoms with van der Waals surface area (Å²) in [5, 5.41) is 12.3. The van der Waals surface area contributed by atoms with E-state index in [1.54, 1.807) is 25.1 Å². The first-order valence-corrected chi connectivity index (χ1v) is 9.88. The van der Waals surface area contributed by atoms with Crippen molar-refractivity contribution in [2.24, 2.45) is 0 Å². The Morgan fingerprint density at radius 3 is 2.57 bits per heavy atom. The van der Waals surface area contributed by atoms with Crippen LogP contribution in [0.1, 0.15) is 22.8 Å². The van der Waals surface area contributed by atoms with Crippen molar-refractivity contribution in [1.29, 1.82) is 0 Å². The quantitative estimate of drug-likeness (QED) is 0.478. The molecule has 0 atom stereocenters. The minimum Gasteiger partial charge on any atom is -0.493 e. The van der Waals surface area contributed by atoms with Crippen LogP contribution in [0.25, 0.3) is 11.3 Å². The lowest BCUT2D eigenvalue weighted by Crippen LogP contribution is -2.09. The first kappa shape index (κ1) is 21.6. The molecule has 0 bridgehead atoms. The predicted molar refractivity (Wildman–Crippen MR) is 112 cm³/mol. The normalized spacial score (nSPS) is 10.7. The van der Waals surface area contributed by atoms with Gasteiger partial charge < -0.3 is 15.2 Å². The first-order valence-electron chi connectivity index (χ1n) is 9.09. The molecule has 156 valence electrons. The Kier molecular flexibility index (Phi) is 6.94. The molecule has 3 rings (SSSR count). The molecule has 2 N–H and O–H groups in total. The van der Waals surface area contributed by atoms with E-state index in [1.165, 1.54) is 24.5 Å². The summed E-state index contributed by atoms with van der Waals surface area (Å²) >= 11 is 3.06. The maximum atomic E-state index is 13.9. The van der Waals surface area contributed by atoms with Gasteiger partial charge in [0.25, 0.3) is 0 Å². The molecule has 2 aromatic carbocycles. The molecule has 0 aliphatic rings. The molecule has 1 aromatic heterocycles. The second kappa shape index (κ2) is 9.62. The lowest BCUT2D eigenvalue weighted by molar-refractivity contribution is 0.0692. The number of hydrogen-bond acceptors (Lipinski definition) is 5. The third-order valence-corrected chi connectivity index (χ3v) is 4.72. The number of nitrogens with zero attached hydrogens (tertiary/aromatic N) is 2. The van der Waals surface area contributed by atoms with E-state index < -0.39 is 17.6 Å². The van der Waals surface area contributed by atoms with Crippen LogP contribution in [0, 0.1) is 11.6 Å². The van der Waals surface area contributed by atoms with Gasteiger partial charge in [-0.3, -0.25) is 0 Å². The summed E-state index contributed by atoms with van der Waals surface area (Å²) in [6.45, 7) is 2.35. The minimum absolute atomic E-state index is 0.00871. The van der Waals surface area contributed by atoms with Crippen molar-refractivity contribution in [3.8, 4) is 17.0 Å². The smallest absolute Gasteiger partial charge is 0.339 e. The van der Waals surface area contributed by atoms with Gasteiger partial charge in [0, 0.05) is 28.2 Å². The van der Waals surface area contributed by atoms with Crippen molar-refractivity contribution in [1.82, 2.24) is 9.97 Å². The van der Waals surface area contributed by atoms with Gasteiger partial charge in [-0.1, -0.05) is 22.0 Å². The van der Waals surface area contributed by atoms with Crippen LogP contribution in [-0.4, -0.2) is 34.2 Å². The fraction of sp³-hybridized carbons (Fsp3) is 0.190. The third-order valence-electron chi connectivity index (χ3n) is 4.26. The van der Waals surface area contributed by atoms with Crippen LogP contribution in [0.5, 0.6) is 5.75 Å². The molecular weight excluding hydrogens is 460 g/mol. The van der Waals surface area contributed by atoms with Gasteiger partial charge in [-0.05, 0) is 37.6 Å². The van der Waals surface area contributed by atoms with Crippen LogP contribution in [0.4, 0.5) is 14.6 Å². The van der Waals surface area contributed by atoms with E-state index in [9.17, 15) is 18.7 Å². The molecule has 0 spiro atoms. The maximum Gasteiger partial charge on any atom is 0.339 e. The fourth-order valence-corrected chi connectivity index (χ4v) is 3.27. The summed E-state index contributed by atoms with van der Waals surface area (Å²) in [6.07, 6.45) is 1.48. The lowest BCUT2D eigenvalue weighted by atomic mass is 10.1. The highest BCUT2D eigenvalue weighted by Gasteiger charge is 2.14. The number of ether oxygens (including phenoxy) is 1. The molecule has 0 fully saturated rings. The highest BCUT2D eigenvalue weighted by Crippen LogP contribution is 2.27. The Morgan fingerprint density at radius 2 is 1.90 bits per heavy atom. The van der Waals surface area contributed by atoms with E-state index >= 15 is 0 Å². The van der Waals surface area contributed by atoms with Crippen LogP contribution < -0.4 is 10.1 Å². The van der Waals surface area contributed by atoms with Gasteiger partial charge in [-0.25, -0.2) is 23.5 Å². The summed E-state index contributed by atoms with van der Waals surface area (Å²) in [4.78, 5) is 19.7. The second-order valence-corrected chi connectivity index (χ2v) is 7.18. The fourth-order valence-electron chi connectivity index (χ4n) is 2.87. The monoisotopic (exact) mass is 477 g/mol. The molecule has 3 aromatic rings. The van der Waals surface area contributed by atoms with Gasteiger partial charge in [-0.15, -0.1) is 0 Å². The molecule has 0 radical (unpaired) electrons. The van der Waals surface area contributed by atoms with Crippen molar-refractivity contribution in [2.45, 2.75) is 13.3 Å². The number of anilines is 1. The van der Waals surface area contributed by atoms with Crippen LogP contribution in [0.3, 0.4) is 0 Å². The van der Waals surface area contributed by atoms with Gasteiger partial charge in [0.1, 0.15) is 35.1 Å². The zero-order chi connectivity index (χ0) is 21.7. The van der Waals surface area contributed by atoms with Gasteiger partial charge in [0.05, 0.1) is 12.3 Å². The van der Waals surface area contributed by atoms with Crippen LogP contribution in [-0.2, 0) is 6.42 Å². The molecule has 0 saturated heterocycles. The zero-order valence-corrected chi connectivity index (χ0v) is 17.5. The summed E-state index contributed by atoms with van der Waals surface area (Å²) < 4.78 is 33.6. The SMILES string of the molecule is CCOc1cc(-c2cc(NCCc3c(F)cc(Br)cc3F)ncn2)ccc1C(=O)O. The molecule has 0 aliphatic heterocycles. The summed E-state index contributed by atoms with van der Waals surface area (Å²) in [5.74, 6) is -1.60. The zero-order valence-electron chi connectivity index (χ0n) is 16.0. The van der Waals surface area contributed by atoms with Crippen LogP contribution in [0.2, 0.25) is 0 Å². The van der Waals surface area contributed by atoms with Crippen LogP contribution >= 0.6 is 15.9 Å². The summed E-state index contributed by atoms with van der Waals surface area (Å²) in [5.41, 5.74) is 1.25. The molecule has 1 heterocycles. The number of carbonyl (C=O) groups is 1. The van der Waals surface area contributed by atoms with E-state index in [1.807, 2.05) is 0 Å². The number of rotatable bonds is 8. The number of aromatic carboxylic acids is 1. The Hall–Kier alpha value is -3.07. The Labute approximate surface area is 180 Å². The van der Waals surface area contributed by atoms with Crippen LogP contribution in [0.15, 0.2) is 47.2 Å². The average Bonchev–Trinajstić information content (AvgIpc) is 2.70. The summed E-state index contributed by atoms with van der Waals surface area (Å²) in [7, 11) is 0. The van der Waals surface area contributed by atoms with E-state index in [0.717, 1.165) is 0 Å². The van der Waals surface area contributed by atoms with Crippen molar-refractivity contribution < 1.29 is 23.4 Å². The number of hydrogen-bond donors (Lipinski definition) is 2. The first-order chi connectivity index (χ1) is 14.4. The number of carboxylic acids is 1. The number of carboxylic acid groups (broad SMARTS) is 1. The average molecular weight is 478 g/mol. The van der Waals surface area contributed by atoms with Crippen molar-refractivity contribution in [3.63, 3.8) is 0 Å². The maximum absolute atomic E-state index is 13.9. The van der Waals surface area contributed by atoms with Gasteiger partial charge >= 0.3 is 5.97 Å². The van der Waals surface area contributed by atoms with Gasteiger partial charge in [0.2, 0.25) is 0 Å². The topological polar surface area (TPSA) is 84.3 Å². The third kappa shape index (κ3) is 5.10. The van der Waals surface area contributed by atoms with E-state index in [2.05, 4.69) is 31.2 Å². The molecule has 9 heteroatoms. The van der Waals surface area contributed by atoms with E-state index in [-0.39, 0.29) is 29.8 Å². The second-order valence-electron chi connectivity index (χ2n) is 6.26. The largest absolute Gasteiger partial charge is 0.493 e. The number of benzene rings is 2. The van der Waals surface area contributed by atoms with Crippen molar-refractivity contribution in [2.75, 3.05) is 18.5 Å². The molecule has 0 unspecified atom stereocenters. The highest BCUT2D eigenvalue weighted by atomic mass is 79.9. The van der Waals surface area contributed by atoms with Crippen molar-refractivity contribution >= 4 is 27.7 Å². The molecular formula is C21H18BrF2N3O3. The van der Waals surface area contributed by atoms with E-state index in [0.29, 0.717) is 28.2 Å². The van der Waals surface area contributed by atoms with Gasteiger partial charge in [-0.2, -0.15) is 0 Å². The molecule has 30 heavy (non-hydrogen) atoms. The van der Waals surface area contributed by atoms with E-state index in [4.69, 9.17) is 4.74 Å². The number of nitrogens with one attached hydrogen (secondary N) is 1. The molecule has 0 saturated carbocycles. The van der Waals surface area contributed by atoms with Crippen molar-refractivity contribution in [3.05, 3.63) is 70.0 Å². The Morgan fingerprint density at radius 1 is 1.17 bits per heavy atom. The highest BCUT2D eigenvalue weighted by molar-refractivity contribution is 9.10. The lowest BCUT2D eigenvalue weighted by Gasteiger charge is -2.11. The number of aromatic nitrogens is 2. The molecule has 0 amide bonds. The predicted octanol–water partition coefficient (Wildman–Crippen LogP) is 4.94. The Bertz CT molecular complexity index is 1060. The molecule has 0 aliphatic carbocycles. The minimum atomic E-state index is -1.08. The standard InChI is InChI=1S/C21H18BrF2N3O3/c1-2-30-19-7-12(3-4-15(19)21(28)29)18-10-20(27-11-26-18)25-6-5-14-16(23)8-13(22)9-17(14)24/h3-4,7-11H,2,5-6H2,1H3,(H,28,29)(H,25,26,27). The van der Waals surface area contributed by atoms with Gasteiger partial charge in [0.15, 0.2) is 0 Å². The summed E-state index contributed by atoms with van der Waals surface area (Å²) in [6, 6.07) is 8.79. The number of halogens is 3. The molecule has 6 nitrogen and oxygen atoms in total.